The van der Waals surface area contributed by atoms with Crippen LogP contribution in [0.1, 0.15) is 33.8 Å². The minimum Gasteiger partial charge on any atom is -0.352 e. The smallest absolute Gasteiger partial charge is 0.266 e. The van der Waals surface area contributed by atoms with E-state index in [9.17, 15) is 9.59 Å². The Morgan fingerprint density at radius 3 is 2.52 bits per heavy atom. The normalized spacial score (nSPS) is 17.3. The predicted molar refractivity (Wildman–Crippen MR) is 122 cm³/mol. The highest BCUT2D eigenvalue weighted by atomic mass is 32.1. The molecule has 2 fully saturated rings. The number of hydrogen-bond acceptors (Lipinski definition) is 5. The van der Waals surface area contributed by atoms with E-state index in [0.29, 0.717) is 38.8 Å². The molecule has 162 valence electrons. The molecule has 4 heterocycles. The summed E-state index contributed by atoms with van der Waals surface area (Å²) in [6, 6.07) is 6.40. The largest absolute Gasteiger partial charge is 0.352 e. The summed E-state index contributed by atoms with van der Waals surface area (Å²) in [7, 11) is 0. The lowest BCUT2D eigenvalue weighted by Gasteiger charge is -2.34. The molecule has 5 rings (SSSR count). The van der Waals surface area contributed by atoms with Crippen LogP contribution in [-0.4, -0.2) is 69.9 Å². The van der Waals surface area contributed by atoms with Gasteiger partial charge < -0.3 is 14.8 Å². The van der Waals surface area contributed by atoms with Crippen LogP contribution in [0.2, 0.25) is 0 Å². The van der Waals surface area contributed by atoms with E-state index in [-0.39, 0.29) is 11.8 Å². The molecule has 31 heavy (non-hydrogen) atoms. The van der Waals surface area contributed by atoms with Crippen LogP contribution in [0.3, 0.4) is 0 Å². The SMILES string of the molecule is Cc1cc(C)c2c(-n3cccc3)c(C(=O)N3CCN(CC(=O)NC4CC4)CC3)sc2n1. The van der Waals surface area contributed by atoms with Crippen LogP contribution in [0.15, 0.2) is 30.6 Å². The number of carbonyl (C=O) groups excluding carboxylic acids is 2. The van der Waals surface area contributed by atoms with Crippen LogP contribution >= 0.6 is 11.3 Å². The molecule has 1 aliphatic carbocycles. The van der Waals surface area contributed by atoms with Crippen molar-refractivity contribution in [3.63, 3.8) is 0 Å². The Balaban J connectivity index is 1.37. The molecule has 3 aromatic rings. The standard InChI is InChI=1S/C23H27N5O2S/c1-15-13-16(2)24-22-19(15)20(27-7-3-4-8-27)21(31-22)23(30)28-11-9-26(10-12-28)14-18(29)25-17-5-6-17/h3-4,7-8,13,17H,5-6,9-12,14H2,1-2H3,(H,25,29). The number of pyridine rings is 1. The molecule has 0 bridgehead atoms. The van der Waals surface area contributed by atoms with E-state index in [2.05, 4.69) is 23.2 Å². The zero-order chi connectivity index (χ0) is 21.5. The fourth-order valence-corrected chi connectivity index (χ4v) is 5.52. The maximum Gasteiger partial charge on any atom is 0.266 e. The summed E-state index contributed by atoms with van der Waals surface area (Å²) < 4.78 is 2.02. The average molecular weight is 438 g/mol. The summed E-state index contributed by atoms with van der Waals surface area (Å²) in [5, 5.41) is 4.09. The van der Waals surface area contributed by atoms with E-state index >= 15 is 0 Å². The molecule has 2 aliphatic rings. The van der Waals surface area contributed by atoms with Crippen LogP contribution in [0, 0.1) is 13.8 Å². The number of hydrogen-bond donors (Lipinski definition) is 1. The minimum absolute atomic E-state index is 0.0471. The Morgan fingerprint density at radius 2 is 1.84 bits per heavy atom. The Hall–Kier alpha value is -2.71. The fourth-order valence-electron chi connectivity index (χ4n) is 4.25. The molecule has 2 amide bonds. The monoisotopic (exact) mass is 437 g/mol. The molecule has 7 nitrogen and oxygen atoms in total. The van der Waals surface area contributed by atoms with E-state index in [1.165, 1.54) is 11.3 Å². The first-order chi connectivity index (χ1) is 15.0. The van der Waals surface area contributed by atoms with Gasteiger partial charge in [0.2, 0.25) is 5.91 Å². The number of thiophene rings is 1. The number of rotatable bonds is 5. The average Bonchev–Trinajstić information content (AvgIpc) is 3.24. The van der Waals surface area contributed by atoms with Crippen LogP contribution in [0.4, 0.5) is 0 Å². The van der Waals surface area contributed by atoms with Gasteiger partial charge in [-0.3, -0.25) is 14.5 Å². The molecule has 1 saturated heterocycles. The second-order valence-corrected chi connectivity index (χ2v) is 9.54. The van der Waals surface area contributed by atoms with Crippen molar-refractivity contribution in [1.29, 1.82) is 0 Å². The third kappa shape index (κ3) is 4.09. The molecular formula is C23H27N5O2S. The van der Waals surface area contributed by atoms with Gasteiger partial charge in [-0.1, -0.05) is 0 Å². The lowest BCUT2D eigenvalue weighted by atomic mass is 10.1. The summed E-state index contributed by atoms with van der Waals surface area (Å²) in [6.07, 6.45) is 6.16. The van der Waals surface area contributed by atoms with Gasteiger partial charge >= 0.3 is 0 Å². The molecule has 0 unspecified atom stereocenters. The second kappa shape index (κ2) is 8.09. The maximum absolute atomic E-state index is 13.6. The predicted octanol–water partition coefficient (Wildman–Crippen LogP) is 2.74. The van der Waals surface area contributed by atoms with Gasteiger partial charge in [0.25, 0.3) is 5.91 Å². The van der Waals surface area contributed by atoms with Gasteiger partial charge in [0.1, 0.15) is 9.71 Å². The quantitative estimate of drug-likeness (QED) is 0.666. The second-order valence-electron chi connectivity index (χ2n) is 8.54. The number of amides is 2. The van der Waals surface area contributed by atoms with Gasteiger partial charge in [-0.25, -0.2) is 4.98 Å². The van der Waals surface area contributed by atoms with E-state index in [1.54, 1.807) is 0 Å². The molecule has 1 N–H and O–H groups in total. The van der Waals surface area contributed by atoms with Gasteiger partial charge in [-0.2, -0.15) is 0 Å². The number of nitrogens with zero attached hydrogens (tertiary/aromatic N) is 4. The summed E-state index contributed by atoms with van der Waals surface area (Å²) >= 11 is 1.48. The van der Waals surface area contributed by atoms with Crippen molar-refractivity contribution in [3.8, 4) is 5.69 Å². The number of fused-ring (bicyclic) bond motifs is 1. The van der Waals surface area contributed by atoms with Crippen molar-refractivity contribution in [1.82, 2.24) is 24.7 Å². The molecule has 0 aromatic carbocycles. The Morgan fingerprint density at radius 1 is 1.13 bits per heavy atom. The highest BCUT2D eigenvalue weighted by molar-refractivity contribution is 7.21. The van der Waals surface area contributed by atoms with Crippen LogP contribution in [-0.2, 0) is 4.79 Å². The summed E-state index contributed by atoms with van der Waals surface area (Å²) in [5.41, 5.74) is 3.02. The van der Waals surface area contributed by atoms with E-state index in [1.807, 2.05) is 40.9 Å². The molecule has 0 radical (unpaired) electrons. The van der Waals surface area contributed by atoms with Gasteiger partial charge in [0, 0.05) is 55.7 Å². The number of nitrogens with one attached hydrogen (secondary N) is 1. The molecule has 0 atom stereocenters. The number of carbonyl (C=O) groups is 2. The molecule has 1 saturated carbocycles. The highest BCUT2D eigenvalue weighted by Gasteiger charge is 2.29. The third-order valence-electron chi connectivity index (χ3n) is 5.99. The number of piperazine rings is 1. The summed E-state index contributed by atoms with van der Waals surface area (Å²) in [4.78, 5) is 36.0. The fraction of sp³-hybridized carbons (Fsp3) is 0.435. The van der Waals surface area contributed by atoms with E-state index < -0.39 is 0 Å². The summed E-state index contributed by atoms with van der Waals surface area (Å²) in [6.45, 7) is 7.16. The van der Waals surface area contributed by atoms with Crippen molar-refractivity contribution in [2.24, 2.45) is 0 Å². The molecule has 8 heteroatoms. The zero-order valence-electron chi connectivity index (χ0n) is 17.9. The molecule has 3 aromatic heterocycles. The first-order valence-corrected chi connectivity index (χ1v) is 11.7. The minimum atomic E-state index is 0.0471. The lowest BCUT2D eigenvalue weighted by Crippen LogP contribution is -2.51. The van der Waals surface area contributed by atoms with Crippen molar-refractivity contribution in [2.75, 3.05) is 32.7 Å². The Labute approximate surface area is 185 Å². The van der Waals surface area contributed by atoms with Gasteiger partial charge in [0.15, 0.2) is 0 Å². The van der Waals surface area contributed by atoms with Crippen LogP contribution < -0.4 is 5.32 Å². The Bertz CT molecular complexity index is 1120. The number of aryl methyl sites for hydroxylation is 2. The van der Waals surface area contributed by atoms with Crippen molar-refractivity contribution in [2.45, 2.75) is 32.7 Å². The molecule has 0 spiro atoms. The van der Waals surface area contributed by atoms with Crippen molar-refractivity contribution >= 4 is 33.4 Å². The first kappa shape index (κ1) is 20.2. The molecular weight excluding hydrogens is 410 g/mol. The maximum atomic E-state index is 13.6. The van der Waals surface area contributed by atoms with Gasteiger partial charge in [-0.05, 0) is 50.5 Å². The summed E-state index contributed by atoms with van der Waals surface area (Å²) in [5.74, 6) is 0.143. The van der Waals surface area contributed by atoms with E-state index in [0.717, 1.165) is 44.9 Å². The molecule has 1 aliphatic heterocycles. The first-order valence-electron chi connectivity index (χ1n) is 10.8. The highest BCUT2D eigenvalue weighted by Crippen LogP contribution is 2.36. The Kier molecular flexibility index (Phi) is 5.27. The third-order valence-corrected chi connectivity index (χ3v) is 7.05. The number of aromatic nitrogens is 2. The van der Waals surface area contributed by atoms with Crippen LogP contribution in [0.5, 0.6) is 0 Å². The van der Waals surface area contributed by atoms with Gasteiger partial charge in [0.05, 0.1) is 12.2 Å². The van der Waals surface area contributed by atoms with Crippen molar-refractivity contribution < 1.29 is 9.59 Å². The van der Waals surface area contributed by atoms with Gasteiger partial charge in [-0.15, -0.1) is 11.3 Å². The van der Waals surface area contributed by atoms with Crippen molar-refractivity contribution in [3.05, 3.63) is 46.7 Å². The van der Waals surface area contributed by atoms with E-state index in [4.69, 9.17) is 4.98 Å². The van der Waals surface area contributed by atoms with Crippen LogP contribution in [0.25, 0.3) is 15.9 Å². The zero-order valence-corrected chi connectivity index (χ0v) is 18.7. The lowest BCUT2D eigenvalue weighted by molar-refractivity contribution is -0.122. The topological polar surface area (TPSA) is 70.5 Å².